The van der Waals surface area contributed by atoms with E-state index in [9.17, 15) is 5.11 Å². The van der Waals surface area contributed by atoms with Gasteiger partial charge in [-0.05, 0) is 66.7 Å². The van der Waals surface area contributed by atoms with E-state index < -0.39 is 0 Å². The van der Waals surface area contributed by atoms with Crippen LogP contribution in [0.2, 0.25) is 0 Å². The predicted octanol–water partition coefficient (Wildman–Crippen LogP) is 2.94. The second kappa shape index (κ2) is 4.23. The van der Waals surface area contributed by atoms with Gasteiger partial charge in [-0.3, -0.25) is 4.68 Å². The quantitative estimate of drug-likeness (QED) is 0.855. The SMILES string of the molecule is CCC(C)n1nc(I)cc1C1C2CC(O)CC21. The molecule has 0 radical (unpaired) electrons. The predicted molar refractivity (Wildman–Crippen MR) is 74.9 cm³/mol. The van der Waals surface area contributed by atoms with Gasteiger partial charge in [0.2, 0.25) is 0 Å². The largest absolute Gasteiger partial charge is 0.393 e. The number of aliphatic hydroxyl groups is 1. The summed E-state index contributed by atoms with van der Waals surface area (Å²) in [5, 5.41) is 14.2. The second-order valence-electron chi connectivity index (χ2n) is 5.57. The molecule has 4 heteroatoms. The van der Waals surface area contributed by atoms with Gasteiger partial charge < -0.3 is 5.11 Å². The van der Waals surface area contributed by atoms with Crippen molar-refractivity contribution >= 4 is 22.6 Å². The van der Waals surface area contributed by atoms with Crippen LogP contribution in [0.5, 0.6) is 0 Å². The van der Waals surface area contributed by atoms with Crippen LogP contribution >= 0.6 is 22.6 Å². The topological polar surface area (TPSA) is 38.0 Å². The van der Waals surface area contributed by atoms with Crippen LogP contribution in [0.15, 0.2) is 6.07 Å². The molecule has 2 aliphatic carbocycles. The number of halogens is 1. The first-order valence-corrected chi connectivity index (χ1v) is 7.62. The molecule has 2 saturated carbocycles. The first-order valence-electron chi connectivity index (χ1n) is 6.54. The maximum Gasteiger partial charge on any atom is 0.123 e. The molecule has 0 aliphatic heterocycles. The number of hydrogen-bond acceptors (Lipinski definition) is 2. The first kappa shape index (κ1) is 12.0. The highest BCUT2D eigenvalue weighted by atomic mass is 127. The van der Waals surface area contributed by atoms with Crippen LogP contribution in [0.3, 0.4) is 0 Å². The molecular weight excluding hydrogens is 327 g/mol. The summed E-state index contributed by atoms with van der Waals surface area (Å²) < 4.78 is 3.32. The molecule has 0 spiro atoms. The maximum absolute atomic E-state index is 9.60. The molecule has 2 aliphatic rings. The Morgan fingerprint density at radius 1 is 1.53 bits per heavy atom. The van der Waals surface area contributed by atoms with Crippen LogP contribution in [0.1, 0.15) is 50.8 Å². The number of fused-ring (bicyclic) bond motifs is 1. The Bertz CT molecular complexity index is 419. The summed E-state index contributed by atoms with van der Waals surface area (Å²) in [5.41, 5.74) is 1.41. The summed E-state index contributed by atoms with van der Waals surface area (Å²) in [6, 6.07) is 2.72. The molecule has 3 atom stereocenters. The fourth-order valence-corrected chi connectivity index (χ4v) is 3.96. The van der Waals surface area contributed by atoms with Crippen LogP contribution in [0.4, 0.5) is 0 Å². The van der Waals surface area contributed by atoms with E-state index in [1.165, 1.54) is 5.69 Å². The summed E-state index contributed by atoms with van der Waals surface area (Å²) in [4.78, 5) is 0. The van der Waals surface area contributed by atoms with Crippen LogP contribution in [-0.4, -0.2) is 21.0 Å². The Hall–Kier alpha value is -0.100. The van der Waals surface area contributed by atoms with E-state index in [1.807, 2.05) is 0 Å². The van der Waals surface area contributed by atoms with Crippen molar-refractivity contribution in [2.24, 2.45) is 11.8 Å². The minimum absolute atomic E-state index is 0.0414. The zero-order valence-corrected chi connectivity index (χ0v) is 12.5. The van der Waals surface area contributed by atoms with Crippen molar-refractivity contribution in [3.63, 3.8) is 0 Å². The standard InChI is InChI=1S/C13H19IN2O/c1-3-7(2)16-11(6-12(14)15-16)13-9-4-8(17)5-10(9)13/h6-10,13,17H,3-5H2,1-2H3. The van der Waals surface area contributed by atoms with E-state index >= 15 is 0 Å². The Morgan fingerprint density at radius 2 is 2.18 bits per heavy atom. The number of aromatic nitrogens is 2. The Labute approximate surface area is 116 Å². The van der Waals surface area contributed by atoms with E-state index in [0.29, 0.717) is 12.0 Å². The van der Waals surface area contributed by atoms with Crippen LogP contribution in [-0.2, 0) is 0 Å². The zero-order chi connectivity index (χ0) is 12.2. The van der Waals surface area contributed by atoms with E-state index in [-0.39, 0.29) is 6.10 Å². The van der Waals surface area contributed by atoms with Crippen molar-refractivity contribution in [2.75, 3.05) is 0 Å². The Kier molecular flexibility index (Phi) is 2.97. The molecule has 94 valence electrons. The highest BCUT2D eigenvalue weighted by Crippen LogP contribution is 2.63. The molecule has 3 rings (SSSR count). The fourth-order valence-electron chi connectivity index (χ4n) is 3.40. The normalized spacial score (nSPS) is 36.9. The molecule has 0 bridgehead atoms. The van der Waals surface area contributed by atoms with Crippen LogP contribution < -0.4 is 0 Å². The number of rotatable bonds is 3. The maximum atomic E-state index is 9.60. The molecule has 3 unspecified atom stereocenters. The van der Waals surface area contributed by atoms with Crippen molar-refractivity contribution in [3.8, 4) is 0 Å². The van der Waals surface area contributed by atoms with Crippen molar-refractivity contribution < 1.29 is 5.11 Å². The second-order valence-corrected chi connectivity index (χ2v) is 6.68. The summed E-state index contributed by atoms with van der Waals surface area (Å²) >= 11 is 2.30. The first-order chi connectivity index (χ1) is 8.11. The van der Waals surface area contributed by atoms with Crippen LogP contribution in [0.25, 0.3) is 0 Å². The van der Waals surface area contributed by atoms with Gasteiger partial charge >= 0.3 is 0 Å². The molecule has 0 amide bonds. The summed E-state index contributed by atoms with van der Waals surface area (Å²) in [5.74, 6) is 2.11. The zero-order valence-electron chi connectivity index (χ0n) is 10.3. The van der Waals surface area contributed by atoms with E-state index in [1.54, 1.807) is 0 Å². The van der Waals surface area contributed by atoms with E-state index in [0.717, 1.165) is 34.8 Å². The number of nitrogens with zero attached hydrogens (tertiary/aromatic N) is 2. The lowest BCUT2D eigenvalue weighted by Crippen LogP contribution is -2.12. The fraction of sp³-hybridized carbons (Fsp3) is 0.769. The smallest absolute Gasteiger partial charge is 0.123 e. The lowest BCUT2D eigenvalue weighted by molar-refractivity contribution is 0.165. The van der Waals surface area contributed by atoms with Crippen molar-refractivity contribution in [1.82, 2.24) is 9.78 Å². The highest BCUT2D eigenvalue weighted by Gasteiger charge is 2.57. The molecule has 1 aromatic rings. The minimum Gasteiger partial charge on any atom is -0.393 e. The molecule has 0 saturated heterocycles. The Morgan fingerprint density at radius 3 is 2.76 bits per heavy atom. The monoisotopic (exact) mass is 346 g/mol. The van der Waals surface area contributed by atoms with Gasteiger partial charge in [0.05, 0.1) is 6.10 Å². The molecule has 17 heavy (non-hydrogen) atoms. The lowest BCUT2D eigenvalue weighted by Gasteiger charge is -2.15. The van der Waals surface area contributed by atoms with Crippen LogP contribution in [0, 0.1) is 15.5 Å². The van der Waals surface area contributed by atoms with Gasteiger partial charge in [0.15, 0.2) is 0 Å². The third-order valence-electron chi connectivity index (χ3n) is 4.50. The van der Waals surface area contributed by atoms with E-state index in [2.05, 4.69) is 52.3 Å². The van der Waals surface area contributed by atoms with Gasteiger partial charge in [-0.25, -0.2) is 0 Å². The van der Waals surface area contributed by atoms with Crippen molar-refractivity contribution in [3.05, 3.63) is 15.5 Å². The molecule has 3 nitrogen and oxygen atoms in total. The molecule has 2 fully saturated rings. The van der Waals surface area contributed by atoms with Gasteiger partial charge in [-0.2, -0.15) is 5.10 Å². The molecule has 0 aromatic carbocycles. The van der Waals surface area contributed by atoms with Gasteiger partial charge in [-0.15, -0.1) is 0 Å². The lowest BCUT2D eigenvalue weighted by atomic mass is 10.1. The third kappa shape index (κ3) is 1.93. The van der Waals surface area contributed by atoms with Crippen molar-refractivity contribution in [1.29, 1.82) is 0 Å². The van der Waals surface area contributed by atoms with Gasteiger partial charge in [-0.1, -0.05) is 6.92 Å². The average molecular weight is 346 g/mol. The molecule has 1 N–H and O–H groups in total. The summed E-state index contributed by atoms with van der Waals surface area (Å²) in [7, 11) is 0. The average Bonchev–Trinajstić information content (AvgIpc) is 2.65. The molecule has 1 aromatic heterocycles. The molecule has 1 heterocycles. The minimum atomic E-state index is -0.0414. The number of hydrogen-bond donors (Lipinski definition) is 1. The molecular formula is C13H19IN2O. The summed E-state index contributed by atoms with van der Waals surface area (Å²) in [6.07, 6.45) is 3.07. The van der Waals surface area contributed by atoms with Gasteiger partial charge in [0, 0.05) is 17.7 Å². The number of aliphatic hydroxyl groups excluding tert-OH is 1. The Balaban J connectivity index is 1.85. The van der Waals surface area contributed by atoms with Gasteiger partial charge in [0.25, 0.3) is 0 Å². The van der Waals surface area contributed by atoms with E-state index in [4.69, 9.17) is 0 Å². The highest BCUT2D eigenvalue weighted by molar-refractivity contribution is 14.1. The van der Waals surface area contributed by atoms with Crippen molar-refractivity contribution in [2.45, 2.75) is 51.2 Å². The summed E-state index contributed by atoms with van der Waals surface area (Å²) in [6.45, 7) is 4.44. The third-order valence-corrected chi connectivity index (χ3v) is 5.03. The van der Waals surface area contributed by atoms with Gasteiger partial charge in [0.1, 0.15) is 3.70 Å².